The maximum absolute atomic E-state index is 12.8. The van der Waals surface area contributed by atoms with Crippen LogP contribution in [-0.2, 0) is 0 Å². The van der Waals surface area contributed by atoms with E-state index in [1.54, 1.807) is 0 Å². The van der Waals surface area contributed by atoms with Gasteiger partial charge in [-0.1, -0.05) is 35.9 Å². The smallest absolute Gasteiger partial charge is 0.253 e. The van der Waals surface area contributed by atoms with E-state index >= 15 is 0 Å². The highest BCUT2D eigenvalue weighted by Crippen LogP contribution is 2.50. The lowest BCUT2D eigenvalue weighted by atomic mass is 9.76. The molecule has 1 aliphatic carbocycles. The molecule has 1 amide bonds. The highest BCUT2D eigenvalue weighted by atomic mass is 35.5. The van der Waals surface area contributed by atoms with Crippen LogP contribution < -0.4 is 5.32 Å². The Bertz CT molecular complexity index is 870. The molecule has 3 nitrogen and oxygen atoms in total. The number of amides is 1. The molecule has 4 heteroatoms. The lowest BCUT2D eigenvalue weighted by Crippen LogP contribution is -2.32. The van der Waals surface area contributed by atoms with E-state index in [9.17, 15) is 4.79 Å². The quantitative estimate of drug-likeness (QED) is 0.695. The minimum Gasteiger partial charge on any atom is -0.378 e. The predicted octanol–water partition coefficient (Wildman–Crippen LogP) is 5.65. The minimum atomic E-state index is 0.112. The van der Waals surface area contributed by atoms with Gasteiger partial charge in [0.05, 0.1) is 6.04 Å². The van der Waals surface area contributed by atoms with Crippen molar-refractivity contribution in [3.05, 3.63) is 76.3 Å². The molecule has 1 heterocycles. The van der Waals surface area contributed by atoms with Gasteiger partial charge in [-0.05, 0) is 67.6 Å². The number of anilines is 1. The Morgan fingerprint density at radius 3 is 2.59 bits per heavy atom. The fourth-order valence-electron chi connectivity index (χ4n) is 4.42. The monoisotopic (exact) mass is 380 g/mol. The van der Waals surface area contributed by atoms with Gasteiger partial charge < -0.3 is 10.2 Å². The molecule has 2 aromatic rings. The highest BCUT2D eigenvalue weighted by molar-refractivity contribution is 6.30. The summed E-state index contributed by atoms with van der Waals surface area (Å²) in [6, 6.07) is 14.5. The van der Waals surface area contributed by atoms with E-state index in [2.05, 4.69) is 41.7 Å². The van der Waals surface area contributed by atoms with Crippen LogP contribution in [0.25, 0.3) is 0 Å². The summed E-state index contributed by atoms with van der Waals surface area (Å²) in [5.41, 5.74) is 4.39. The van der Waals surface area contributed by atoms with Crippen LogP contribution in [0, 0.1) is 5.92 Å². The van der Waals surface area contributed by atoms with Gasteiger partial charge in [0.25, 0.3) is 5.91 Å². The number of benzene rings is 2. The lowest BCUT2D eigenvalue weighted by Gasteiger charge is -2.38. The topological polar surface area (TPSA) is 32.3 Å². The normalized spacial score (nSPS) is 22.7. The largest absolute Gasteiger partial charge is 0.378 e. The number of fused-ring (bicyclic) bond motifs is 3. The molecule has 1 N–H and O–H groups in total. The fraction of sp³-hybridized carbons (Fsp3) is 0.348. The third-order valence-electron chi connectivity index (χ3n) is 5.89. The average Bonchev–Trinajstić information content (AvgIpc) is 3.19. The lowest BCUT2D eigenvalue weighted by molar-refractivity contribution is 0.0773. The number of hydrogen-bond donors (Lipinski definition) is 1. The molecule has 4 rings (SSSR count). The van der Waals surface area contributed by atoms with Crippen LogP contribution in [0.1, 0.15) is 53.7 Å². The first-order valence-electron chi connectivity index (χ1n) is 9.74. The molecule has 140 valence electrons. The van der Waals surface area contributed by atoms with Gasteiger partial charge in [0.2, 0.25) is 0 Å². The van der Waals surface area contributed by atoms with Crippen molar-refractivity contribution in [1.29, 1.82) is 0 Å². The summed E-state index contributed by atoms with van der Waals surface area (Å²) < 4.78 is 0. The number of carbonyl (C=O) groups is 1. The minimum absolute atomic E-state index is 0.112. The highest BCUT2D eigenvalue weighted by Gasteiger charge is 2.38. The van der Waals surface area contributed by atoms with Gasteiger partial charge in [-0.15, -0.1) is 0 Å². The van der Waals surface area contributed by atoms with Gasteiger partial charge in [0.15, 0.2) is 0 Å². The first kappa shape index (κ1) is 18.1. The van der Waals surface area contributed by atoms with Gasteiger partial charge in [-0.3, -0.25) is 4.79 Å². The van der Waals surface area contributed by atoms with E-state index < -0.39 is 0 Å². The second kappa shape index (κ2) is 7.40. The van der Waals surface area contributed by atoms with Crippen molar-refractivity contribution in [3.63, 3.8) is 0 Å². The number of halogens is 1. The number of carbonyl (C=O) groups excluding carboxylic acids is 1. The van der Waals surface area contributed by atoms with Crippen molar-refractivity contribution in [3.8, 4) is 0 Å². The van der Waals surface area contributed by atoms with Crippen LogP contribution in [0.2, 0.25) is 5.02 Å². The van der Waals surface area contributed by atoms with Crippen molar-refractivity contribution in [2.24, 2.45) is 5.92 Å². The summed E-state index contributed by atoms with van der Waals surface area (Å²) in [5, 5.41) is 4.48. The summed E-state index contributed by atoms with van der Waals surface area (Å²) in [6.45, 7) is 5.51. The van der Waals surface area contributed by atoms with Gasteiger partial charge >= 0.3 is 0 Å². The maximum Gasteiger partial charge on any atom is 0.253 e. The molecular formula is C23H25ClN2O. The third-order valence-corrected chi connectivity index (χ3v) is 6.14. The Morgan fingerprint density at radius 1 is 1.15 bits per heavy atom. The van der Waals surface area contributed by atoms with E-state index in [4.69, 9.17) is 11.6 Å². The predicted molar refractivity (Wildman–Crippen MR) is 111 cm³/mol. The molecule has 0 unspecified atom stereocenters. The molecule has 0 aromatic heterocycles. The van der Waals surface area contributed by atoms with Crippen molar-refractivity contribution in [2.75, 3.05) is 18.4 Å². The van der Waals surface area contributed by atoms with E-state index in [-0.39, 0.29) is 11.9 Å². The van der Waals surface area contributed by atoms with Gasteiger partial charge in [0.1, 0.15) is 0 Å². The zero-order chi connectivity index (χ0) is 19.0. The molecule has 3 atom stereocenters. The maximum atomic E-state index is 12.8. The number of hydrogen-bond acceptors (Lipinski definition) is 2. The zero-order valence-electron chi connectivity index (χ0n) is 15.8. The van der Waals surface area contributed by atoms with Crippen LogP contribution in [0.4, 0.5) is 5.69 Å². The Kier molecular flexibility index (Phi) is 4.96. The van der Waals surface area contributed by atoms with Crippen molar-refractivity contribution in [2.45, 2.75) is 32.2 Å². The molecular weight excluding hydrogens is 356 g/mol. The average molecular weight is 381 g/mol. The number of nitrogens with zero attached hydrogens (tertiary/aromatic N) is 1. The SMILES string of the molecule is CCN(CC)C(=O)c1ccc2c(c1)[C@@H]1C=CC[C@H]1[C@H](c1ccc(Cl)cc1)N2. The van der Waals surface area contributed by atoms with Crippen LogP contribution >= 0.6 is 11.6 Å². The molecule has 0 fully saturated rings. The first-order chi connectivity index (χ1) is 13.1. The summed E-state index contributed by atoms with van der Waals surface area (Å²) in [4.78, 5) is 14.6. The Balaban J connectivity index is 1.69. The van der Waals surface area contributed by atoms with E-state index in [0.29, 0.717) is 11.8 Å². The Morgan fingerprint density at radius 2 is 1.89 bits per heavy atom. The summed E-state index contributed by atoms with van der Waals surface area (Å²) in [5.74, 6) is 0.907. The van der Waals surface area contributed by atoms with Crippen LogP contribution in [0.15, 0.2) is 54.6 Å². The Hall–Kier alpha value is -2.26. The Labute approximate surface area is 166 Å². The molecule has 27 heavy (non-hydrogen) atoms. The van der Waals surface area contributed by atoms with Crippen molar-refractivity contribution in [1.82, 2.24) is 4.90 Å². The molecule has 0 radical (unpaired) electrons. The molecule has 0 saturated heterocycles. The van der Waals surface area contributed by atoms with E-state index in [1.165, 1.54) is 11.1 Å². The molecule has 1 aliphatic heterocycles. The summed E-state index contributed by atoms with van der Waals surface area (Å²) in [7, 11) is 0. The summed E-state index contributed by atoms with van der Waals surface area (Å²) >= 11 is 6.07. The standard InChI is InChI=1S/C23H25ClN2O/c1-3-26(4-2)23(27)16-10-13-21-20(14-16)18-6-5-7-19(18)22(25-21)15-8-11-17(24)12-9-15/h5-6,8-14,18-19,22,25H,3-4,7H2,1-2H3/t18-,19-,22+/m1/s1. The number of nitrogens with one attached hydrogen (secondary N) is 1. The molecule has 2 aromatic carbocycles. The van der Waals surface area contributed by atoms with Crippen LogP contribution in [-0.4, -0.2) is 23.9 Å². The summed E-state index contributed by atoms with van der Waals surface area (Å²) in [6.07, 6.45) is 5.62. The van der Waals surface area contributed by atoms with Gasteiger partial charge in [0, 0.05) is 35.3 Å². The van der Waals surface area contributed by atoms with E-state index in [0.717, 1.165) is 35.8 Å². The zero-order valence-corrected chi connectivity index (χ0v) is 16.5. The molecule has 0 bridgehead atoms. The molecule has 0 spiro atoms. The second-order valence-electron chi connectivity index (χ2n) is 7.31. The van der Waals surface area contributed by atoms with Crippen molar-refractivity contribution < 1.29 is 4.79 Å². The number of allylic oxidation sites excluding steroid dienone is 2. The molecule has 0 saturated carbocycles. The van der Waals surface area contributed by atoms with Crippen LogP contribution in [0.5, 0.6) is 0 Å². The first-order valence-corrected chi connectivity index (χ1v) is 10.1. The van der Waals surface area contributed by atoms with E-state index in [1.807, 2.05) is 36.9 Å². The van der Waals surface area contributed by atoms with Crippen LogP contribution in [0.3, 0.4) is 0 Å². The molecule has 2 aliphatic rings. The second-order valence-corrected chi connectivity index (χ2v) is 7.74. The van der Waals surface area contributed by atoms with Gasteiger partial charge in [-0.25, -0.2) is 0 Å². The van der Waals surface area contributed by atoms with Crippen molar-refractivity contribution >= 4 is 23.2 Å². The number of rotatable bonds is 4. The fourth-order valence-corrected chi connectivity index (χ4v) is 4.55. The van der Waals surface area contributed by atoms with Gasteiger partial charge in [-0.2, -0.15) is 0 Å². The third kappa shape index (κ3) is 3.25.